The number of rotatable bonds is 6. The van der Waals surface area contributed by atoms with Gasteiger partial charge in [0.05, 0.1) is 12.2 Å². The fraction of sp³-hybridized carbons (Fsp3) is 0.308. The molecule has 0 aliphatic carbocycles. The minimum absolute atomic E-state index is 0.0250. The van der Waals surface area contributed by atoms with E-state index in [9.17, 15) is 9.59 Å². The number of benzene rings is 1. The fourth-order valence-corrected chi connectivity index (χ4v) is 2.37. The Kier molecular flexibility index (Phi) is 4.62. The summed E-state index contributed by atoms with van der Waals surface area (Å²) in [5, 5.41) is 6.86. The summed E-state index contributed by atoms with van der Waals surface area (Å²) in [6.07, 6.45) is 0. The van der Waals surface area contributed by atoms with Gasteiger partial charge in [-0.15, -0.1) is 5.10 Å². The van der Waals surface area contributed by atoms with Crippen LogP contribution < -0.4 is 10.4 Å². The van der Waals surface area contributed by atoms with Gasteiger partial charge in [-0.25, -0.2) is 9.89 Å². The number of ether oxygens (including phenoxy) is 1. The largest absolute Gasteiger partial charge is 0.492 e. The molecule has 0 saturated carbocycles. The number of aromatic nitrogens is 3. The summed E-state index contributed by atoms with van der Waals surface area (Å²) >= 11 is 1.41. The van der Waals surface area contributed by atoms with E-state index in [1.807, 2.05) is 6.07 Å². The van der Waals surface area contributed by atoms with Crippen LogP contribution in [0.5, 0.6) is 5.75 Å². The van der Waals surface area contributed by atoms with E-state index < -0.39 is 0 Å². The van der Waals surface area contributed by atoms with E-state index in [4.69, 9.17) is 4.74 Å². The molecular formula is C13H15N3O3S. The first-order valence-corrected chi connectivity index (χ1v) is 7.05. The Hall–Kier alpha value is -2.02. The van der Waals surface area contributed by atoms with Crippen LogP contribution in [-0.4, -0.2) is 32.9 Å². The molecule has 0 spiro atoms. The summed E-state index contributed by atoms with van der Waals surface area (Å²) < 4.78 is 7.04. The van der Waals surface area contributed by atoms with Crippen molar-refractivity contribution in [1.82, 2.24) is 14.8 Å². The SMILES string of the molecule is CC(=O)c1ccccc1OCCSc1n[nH]c(=O)n1C. The van der Waals surface area contributed by atoms with Crippen LogP contribution in [0.3, 0.4) is 0 Å². The molecule has 0 unspecified atom stereocenters. The third-order valence-corrected chi connectivity index (χ3v) is 3.67. The van der Waals surface area contributed by atoms with Gasteiger partial charge in [-0.1, -0.05) is 23.9 Å². The second-order valence-electron chi connectivity index (χ2n) is 4.12. The molecule has 0 amide bonds. The average molecular weight is 293 g/mol. The number of carbonyl (C=O) groups excluding carboxylic acids is 1. The van der Waals surface area contributed by atoms with Gasteiger partial charge in [0, 0.05) is 12.8 Å². The summed E-state index contributed by atoms with van der Waals surface area (Å²) in [6, 6.07) is 7.14. The van der Waals surface area contributed by atoms with E-state index in [2.05, 4.69) is 10.2 Å². The maximum atomic E-state index is 11.4. The van der Waals surface area contributed by atoms with Gasteiger partial charge in [-0.05, 0) is 19.1 Å². The Bertz CT molecular complexity index is 663. The van der Waals surface area contributed by atoms with E-state index >= 15 is 0 Å². The number of para-hydroxylation sites is 1. The summed E-state index contributed by atoms with van der Waals surface area (Å²) in [7, 11) is 1.65. The molecule has 1 aromatic heterocycles. The Morgan fingerprint density at radius 2 is 2.20 bits per heavy atom. The first kappa shape index (κ1) is 14.4. The lowest BCUT2D eigenvalue weighted by molar-refractivity contribution is 0.101. The number of H-pyrrole nitrogens is 1. The van der Waals surface area contributed by atoms with Crippen LogP contribution in [0.2, 0.25) is 0 Å². The van der Waals surface area contributed by atoms with Gasteiger partial charge >= 0.3 is 5.69 Å². The minimum Gasteiger partial charge on any atom is -0.492 e. The van der Waals surface area contributed by atoms with Crippen LogP contribution in [-0.2, 0) is 7.05 Å². The lowest BCUT2D eigenvalue weighted by atomic mass is 10.1. The summed E-state index contributed by atoms with van der Waals surface area (Å²) in [5.41, 5.74) is 0.333. The molecule has 0 saturated heterocycles. The number of ketones is 1. The van der Waals surface area contributed by atoms with E-state index in [0.717, 1.165) is 0 Å². The molecule has 106 valence electrons. The zero-order valence-corrected chi connectivity index (χ0v) is 12.1. The predicted octanol–water partition coefficient (Wildman–Crippen LogP) is 1.48. The number of carbonyl (C=O) groups is 1. The van der Waals surface area contributed by atoms with Crippen molar-refractivity contribution in [1.29, 1.82) is 0 Å². The molecule has 0 bridgehead atoms. The maximum Gasteiger partial charge on any atom is 0.343 e. The molecule has 0 atom stereocenters. The van der Waals surface area contributed by atoms with Gasteiger partial charge in [0.25, 0.3) is 0 Å². The van der Waals surface area contributed by atoms with Gasteiger partial charge in [0.1, 0.15) is 5.75 Å². The number of thioether (sulfide) groups is 1. The van der Waals surface area contributed by atoms with Crippen molar-refractivity contribution in [2.75, 3.05) is 12.4 Å². The zero-order valence-electron chi connectivity index (χ0n) is 11.3. The Morgan fingerprint density at radius 1 is 1.45 bits per heavy atom. The number of nitrogens with one attached hydrogen (secondary N) is 1. The molecule has 0 aliphatic rings. The molecule has 6 nitrogen and oxygen atoms in total. The maximum absolute atomic E-state index is 11.4. The second kappa shape index (κ2) is 6.42. The first-order valence-electron chi connectivity index (χ1n) is 6.06. The molecule has 1 heterocycles. The van der Waals surface area contributed by atoms with Crippen molar-refractivity contribution in [2.45, 2.75) is 12.1 Å². The smallest absolute Gasteiger partial charge is 0.343 e. The predicted molar refractivity (Wildman–Crippen MR) is 76.5 cm³/mol. The Labute approximate surface area is 120 Å². The molecule has 0 aliphatic heterocycles. The number of nitrogens with zero attached hydrogens (tertiary/aromatic N) is 2. The molecule has 20 heavy (non-hydrogen) atoms. The van der Waals surface area contributed by atoms with Crippen molar-refractivity contribution < 1.29 is 9.53 Å². The minimum atomic E-state index is -0.240. The molecule has 1 N–H and O–H groups in total. The molecular weight excluding hydrogens is 278 g/mol. The van der Waals surface area contributed by atoms with Crippen molar-refractivity contribution >= 4 is 17.5 Å². The molecule has 0 radical (unpaired) electrons. The van der Waals surface area contributed by atoms with Gasteiger partial charge in [0.15, 0.2) is 10.9 Å². The van der Waals surface area contributed by atoms with Crippen LogP contribution in [0.25, 0.3) is 0 Å². The van der Waals surface area contributed by atoms with Crippen LogP contribution in [0, 0.1) is 0 Å². The lowest BCUT2D eigenvalue weighted by Gasteiger charge is -2.08. The number of Topliss-reactive ketones (excluding diaryl/α,β-unsaturated/α-hetero) is 1. The number of aromatic amines is 1. The normalized spacial score (nSPS) is 10.5. The summed E-state index contributed by atoms with van der Waals surface area (Å²) in [5.74, 6) is 1.18. The molecule has 2 rings (SSSR count). The summed E-state index contributed by atoms with van der Waals surface area (Å²) in [4.78, 5) is 22.6. The van der Waals surface area contributed by atoms with E-state index in [-0.39, 0.29) is 11.5 Å². The molecule has 0 fully saturated rings. The van der Waals surface area contributed by atoms with Gasteiger partial charge in [-0.2, -0.15) is 0 Å². The highest BCUT2D eigenvalue weighted by Gasteiger charge is 2.08. The quantitative estimate of drug-likeness (QED) is 0.496. The number of hydrogen-bond donors (Lipinski definition) is 1. The van der Waals surface area contributed by atoms with Crippen LogP contribution in [0.15, 0.2) is 34.2 Å². The number of hydrogen-bond acceptors (Lipinski definition) is 5. The zero-order chi connectivity index (χ0) is 14.5. The molecule has 7 heteroatoms. The third-order valence-electron chi connectivity index (χ3n) is 2.68. The van der Waals surface area contributed by atoms with Crippen molar-refractivity contribution in [3.63, 3.8) is 0 Å². The van der Waals surface area contributed by atoms with Crippen LogP contribution in [0.1, 0.15) is 17.3 Å². The average Bonchev–Trinajstić information content (AvgIpc) is 2.75. The topological polar surface area (TPSA) is 77.0 Å². The lowest BCUT2D eigenvalue weighted by Crippen LogP contribution is -2.13. The van der Waals surface area contributed by atoms with E-state index in [1.165, 1.54) is 23.3 Å². The monoisotopic (exact) mass is 293 g/mol. The van der Waals surface area contributed by atoms with Gasteiger partial charge < -0.3 is 4.74 Å². The first-order chi connectivity index (χ1) is 9.59. The second-order valence-corrected chi connectivity index (χ2v) is 5.18. The fourth-order valence-electron chi connectivity index (χ4n) is 1.63. The van der Waals surface area contributed by atoms with Crippen molar-refractivity contribution in [2.24, 2.45) is 7.05 Å². The van der Waals surface area contributed by atoms with E-state index in [1.54, 1.807) is 25.2 Å². The van der Waals surface area contributed by atoms with Crippen LogP contribution >= 0.6 is 11.8 Å². The van der Waals surface area contributed by atoms with Crippen molar-refractivity contribution in [3.8, 4) is 5.75 Å². The van der Waals surface area contributed by atoms with Gasteiger partial charge in [0.2, 0.25) is 0 Å². The van der Waals surface area contributed by atoms with Crippen LogP contribution in [0.4, 0.5) is 0 Å². The highest BCUT2D eigenvalue weighted by molar-refractivity contribution is 7.99. The van der Waals surface area contributed by atoms with Crippen molar-refractivity contribution in [3.05, 3.63) is 40.3 Å². The van der Waals surface area contributed by atoms with Gasteiger partial charge in [-0.3, -0.25) is 9.36 Å². The summed E-state index contributed by atoms with van der Waals surface area (Å²) in [6.45, 7) is 1.94. The Morgan fingerprint density at radius 3 is 2.85 bits per heavy atom. The molecule has 1 aromatic carbocycles. The highest BCUT2D eigenvalue weighted by atomic mass is 32.2. The standard InChI is InChI=1S/C13H15N3O3S/c1-9(17)10-5-3-4-6-11(10)19-7-8-20-13-15-14-12(18)16(13)2/h3-6H,7-8H2,1-2H3,(H,14,18). The Balaban J connectivity index is 1.89. The highest BCUT2D eigenvalue weighted by Crippen LogP contribution is 2.19. The molecule has 2 aromatic rings. The third kappa shape index (κ3) is 3.30. The van der Waals surface area contributed by atoms with E-state index in [0.29, 0.717) is 28.8 Å².